The number of halogens is 3. The summed E-state index contributed by atoms with van der Waals surface area (Å²) < 4.78 is 42.7. The van der Waals surface area contributed by atoms with Crippen LogP contribution in [-0.4, -0.2) is 50.1 Å². The minimum atomic E-state index is -4.88. The number of amides is 2. The van der Waals surface area contributed by atoms with Crippen molar-refractivity contribution in [3.8, 4) is 0 Å². The predicted octanol–water partition coefficient (Wildman–Crippen LogP) is 0.227. The van der Waals surface area contributed by atoms with Gasteiger partial charge in [0, 0.05) is 0 Å². The van der Waals surface area contributed by atoms with Crippen LogP contribution in [0.5, 0.6) is 0 Å². The van der Waals surface area contributed by atoms with Crippen LogP contribution in [0.4, 0.5) is 13.2 Å². The summed E-state index contributed by atoms with van der Waals surface area (Å²) in [4.78, 5) is 41.9. The zero-order valence-corrected chi connectivity index (χ0v) is 14.5. The van der Waals surface area contributed by atoms with Crippen molar-refractivity contribution in [2.75, 3.05) is 6.61 Å². The first-order valence-electron chi connectivity index (χ1n) is 6.75. The van der Waals surface area contributed by atoms with Gasteiger partial charge in [-0.05, 0) is 0 Å². The van der Waals surface area contributed by atoms with Crippen LogP contribution < -0.4 is 9.93 Å². The number of esters is 1. The normalized spacial score (nSPS) is 21.4. The molecule has 1 aromatic rings. The molecule has 0 spiro atoms. The molecule has 1 aliphatic rings. The SMILES string of the molecule is CCOC(=O)c1cnc([As]C2(C)CC(=O)NC2=O)nc1C(F)(F)F. The van der Waals surface area contributed by atoms with Gasteiger partial charge in [-0.15, -0.1) is 0 Å². The number of hydrogen-bond donors (Lipinski definition) is 1. The average molecular weight is 406 g/mol. The van der Waals surface area contributed by atoms with Gasteiger partial charge in [-0.2, -0.15) is 0 Å². The second kappa shape index (κ2) is 6.50. The van der Waals surface area contributed by atoms with Crippen molar-refractivity contribution in [3.63, 3.8) is 0 Å². The Morgan fingerprint density at radius 2 is 2.12 bits per heavy atom. The van der Waals surface area contributed by atoms with Crippen molar-refractivity contribution in [3.05, 3.63) is 17.5 Å². The molecule has 1 saturated heterocycles. The molecule has 2 heterocycles. The van der Waals surface area contributed by atoms with Crippen molar-refractivity contribution < 1.29 is 32.3 Å². The summed E-state index contributed by atoms with van der Waals surface area (Å²) in [7, 11) is 0. The topological polar surface area (TPSA) is 98.2 Å². The number of alkyl halides is 3. The number of ether oxygens (including phenoxy) is 1. The van der Waals surface area contributed by atoms with Crippen molar-refractivity contribution in [1.29, 1.82) is 0 Å². The molecule has 2 rings (SSSR count). The molecule has 0 saturated carbocycles. The summed E-state index contributed by atoms with van der Waals surface area (Å²) in [6.07, 6.45) is -4.26. The number of nitrogens with one attached hydrogen (secondary N) is 1. The Morgan fingerprint density at radius 3 is 2.62 bits per heavy atom. The van der Waals surface area contributed by atoms with Crippen LogP contribution in [0.2, 0.25) is 4.20 Å². The Morgan fingerprint density at radius 1 is 1.46 bits per heavy atom. The Hall–Kier alpha value is -1.96. The first-order valence-corrected chi connectivity index (χ1v) is 8.63. The second-order valence-electron chi connectivity index (χ2n) is 5.09. The first kappa shape index (κ1) is 18.4. The molecular formula is C13H12AsF3N3O4. The Labute approximate surface area is 141 Å². The van der Waals surface area contributed by atoms with E-state index >= 15 is 0 Å². The van der Waals surface area contributed by atoms with E-state index in [2.05, 4.69) is 20.0 Å². The zero-order valence-electron chi connectivity index (χ0n) is 12.6. The molecule has 129 valence electrons. The molecule has 1 atom stereocenters. The fraction of sp³-hybridized carbons (Fsp3) is 0.462. The number of rotatable bonds is 4. The van der Waals surface area contributed by atoms with Crippen molar-refractivity contribution in [2.24, 2.45) is 0 Å². The monoisotopic (exact) mass is 406 g/mol. The Bertz CT molecular complexity index is 710. The van der Waals surface area contributed by atoms with E-state index in [9.17, 15) is 27.6 Å². The van der Waals surface area contributed by atoms with E-state index < -0.39 is 55.2 Å². The summed E-state index contributed by atoms with van der Waals surface area (Å²) >= 11 is -1.27. The van der Waals surface area contributed by atoms with Gasteiger partial charge in [0.1, 0.15) is 0 Å². The van der Waals surface area contributed by atoms with Crippen LogP contribution in [0.1, 0.15) is 36.3 Å². The third kappa shape index (κ3) is 3.75. The average Bonchev–Trinajstić information content (AvgIpc) is 2.70. The zero-order chi connectivity index (χ0) is 18.1. The van der Waals surface area contributed by atoms with E-state index in [1.807, 2.05) is 0 Å². The van der Waals surface area contributed by atoms with Crippen LogP contribution in [0, 0.1) is 0 Å². The van der Waals surface area contributed by atoms with E-state index in [4.69, 9.17) is 0 Å². The third-order valence-electron chi connectivity index (χ3n) is 3.13. The standard InChI is InChI=1S/C13H12AsF3N3O4/c1-3-24-9(22)6-5-18-11(20-8(6)13(15,16)17)14-12(2)4-7(21)19-10(12)23/h5H,3-4H2,1-2H3,(H,19,21,23). The van der Waals surface area contributed by atoms with Crippen LogP contribution in [0.25, 0.3) is 0 Å². The van der Waals surface area contributed by atoms with Gasteiger partial charge in [-0.3, -0.25) is 0 Å². The van der Waals surface area contributed by atoms with Gasteiger partial charge in [0.2, 0.25) is 0 Å². The van der Waals surface area contributed by atoms with Gasteiger partial charge in [-0.1, -0.05) is 0 Å². The van der Waals surface area contributed by atoms with Crippen molar-refractivity contribution >= 4 is 38.1 Å². The van der Waals surface area contributed by atoms with Crippen LogP contribution in [0.3, 0.4) is 0 Å². The van der Waals surface area contributed by atoms with Crippen molar-refractivity contribution in [2.45, 2.75) is 30.6 Å². The quantitative estimate of drug-likeness (QED) is 0.437. The minimum absolute atomic E-state index is 0.0931. The van der Waals surface area contributed by atoms with E-state index in [-0.39, 0.29) is 17.6 Å². The van der Waals surface area contributed by atoms with Gasteiger partial charge >= 0.3 is 140 Å². The number of nitrogens with zero attached hydrogens (tertiary/aromatic N) is 2. The number of carbonyl (C=O) groups excluding carboxylic acids is 3. The molecule has 1 N–H and O–H groups in total. The molecule has 1 aliphatic heterocycles. The third-order valence-corrected chi connectivity index (χ3v) is 5.80. The number of hydrogen-bond acceptors (Lipinski definition) is 6. The summed E-state index contributed by atoms with van der Waals surface area (Å²) in [5.74, 6) is -2.22. The van der Waals surface area contributed by atoms with Gasteiger partial charge < -0.3 is 0 Å². The Balaban J connectivity index is 2.38. The molecule has 0 aliphatic carbocycles. The molecule has 1 unspecified atom stereocenters. The van der Waals surface area contributed by atoms with E-state index in [0.29, 0.717) is 0 Å². The number of aromatic nitrogens is 2. The van der Waals surface area contributed by atoms with E-state index in [1.54, 1.807) is 0 Å². The number of carbonyl (C=O) groups is 3. The molecule has 0 bridgehead atoms. The molecule has 11 heteroatoms. The summed E-state index contributed by atoms with van der Waals surface area (Å²) in [6.45, 7) is 2.84. The van der Waals surface area contributed by atoms with Crippen LogP contribution in [-0.2, 0) is 20.5 Å². The van der Waals surface area contributed by atoms with Crippen LogP contribution >= 0.6 is 0 Å². The van der Waals surface area contributed by atoms with Crippen LogP contribution in [0.15, 0.2) is 6.20 Å². The maximum atomic E-state index is 13.2. The fourth-order valence-electron chi connectivity index (χ4n) is 2.01. The molecule has 0 aromatic carbocycles. The summed E-state index contributed by atoms with van der Waals surface area (Å²) in [5.41, 5.74) is -2.19. The molecule has 24 heavy (non-hydrogen) atoms. The van der Waals surface area contributed by atoms with E-state index in [1.165, 1.54) is 13.8 Å². The fourth-order valence-corrected chi connectivity index (χ4v) is 4.29. The summed E-state index contributed by atoms with van der Waals surface area (Å²) in [6, 6.07) is 0. The molecular weight excluding hydrogens is 394 g/mol. The molecule has 1 aromatic heterocycles. The molecule has 1 fully saturated rings. The van der Waals surface area contributed by atoms with E-state index in [0.717, 1.165) is 6.20 Å². The van der Waals surface area contributed by atoms with Crippen molar-refractivity contribution in [1.82, 2.24) is 15.3 Å². The predicted molar refractivity (Wildman–Crippen MR) is 74.5 cm³/mol. The number of imide groups is 1. The van der Waals surface area contributed by atoms with Gasteiger partial charge in [-0.25, -0.2) is 0 Å². The maximum absolute atomic E-state index is 13.2. The Kier molecular flexibility index (Phi) is 4.98. The first-order chi connectivity index (χ1) is 11.1. The molecule has 7 nitrogen and oxygen atoms in total. The molecule has 2 amide bonds. The second-order valence-corrected chi connectivity index (χ2v) is 8.47. The van der Waals surface area contributed by atoms with Gasteiger partial charge in [0.15, 0.2) is 0 Å². The molecule has 1 radical (unpaired) electrons. The summed E-state index contributed by atoms with van der Waals surface area (Å²) in [5, 5.41) is 2.11. The van der Waals surface area contributed by atoms with Gasteiger partial charge in [0.25, 0.3) is 0 Å². The van der Waals surface area contributed by atoms with Gasteiger partial charge in [0.05, 0.1) is 0 Å².